The van der Waals surface area contributed by atoms with Crippen molar-refractivity contribution >= 4 is 17.3 Å². The third-order valence-corrected chi connectivity index (χ3v) is 4.11. The molecule has 3 rings (SSSR count). The van der Waals surface area contributed by atoms with Crippen molar-refractivity contribution in [2.24, 2.45) is 0 Å². The minimum atomic E-state index is 0. The highest BCUT2D eigenvalue weighted by Gasteiger charge is 2.06. The van der Waals surface area contributed by atoms with Gasteiger partial charge < -0.3 is 71.9 Å². The lowest BCUT2D eigenvalue weighted by atomic mass is 10.4. The minimum Gasteiger partial charge on any atom is -1.00 e. The number of aryl methyl sites for hydroxylation is 3. The van der Waals surface area contributed by atoms with E-state index >= 15 is 0 Å². The van der Waals surface area contributed by atoms with Crippen LogP contribution in [0.2, 0.25) is 0 Å². The zero-order valence-electron chi connectivity index (χ0n) is 19.8. The monoisotopic (exact) mass is 798 g/mol. The van der Waals surface area contributed by atoms with Gasteiger partial charge >= 0.3 is 0 Å². The molecule has 9 nitrogen and oxygen atoms in total. The van der Waals surface area contributed by atoms with Crippen LogP contribution >= 0.6 is 0 Å². The number of hydrogen-bond acceptors (Lipinski definition) is 3. The van der Waals surface area contributed by atoms with Gasteiger partial charge in [-0.1, -0.05) is 0 Å². The first-order valence-electron chi connectivity index (χ1n) is 9.68. The van der Waals surface area contributed by atoms with E-state index in [0.29, 0.717) is 19.6 Å². The number of nitrogens with zero attached hydrogens (tertiary/aromatic N) is 3. The molecule has 0 unspecified atom stereocenters. The summed E-state index contributed by atoms with van der Waals surface area (Å²) in [4.78, 5) is 40.8. The van der Waals surface area contributed by atoms with Crippen molar-refractivity contribution in [1.29, 1.82) is 0 Å². The first-order valence-corrected chi connectivity index (χ1v) is 9.68. The van der Waals surface area contributed by atoms with Crippen LogP contribution < -0.4 is 85.6 Å². The highest BCUT2D eigenvalue weighted by atomic mass is 127. The highest BCUT2D eigenvalue weighted by molar-refractivity contribution is 5.74. The molecule has 3 aromatic rings. The number of carbonyl (C=O) groups excluding carboxylic acids is 3. The molecule has 0 aliphatic heterocycles. The predicted octanol–water partition coefficient (Wildman–Crippen LogP) is -8.39. The molecular weight excluding hydrogens is 765 g/mol. The number of H-pyrrole nitrogens is 3. The van der Waals surface area contributed by atoms with Gasteiger partial charge in [-0.05, 0) is 20.8 Å². The predicted molar refractivity (Wildman–Crippen MR) is 109 cm³/mol. The van der Waals surface area contributed by atoms with Crippen molar-refractivity contribution in [2.75, 3.05) is 0 Å². The van der Waals surface area contributed by atoms with E-state index in [4.69, 9.17) is 0 Å². The molecule has 0 spiro atoms. The maximum absolute atomic E-state index is 10.6. The van der Waals surface area contributed by atoms with Crippen molar-refractivity contribution in [3.05, 3.63) is 54.7 Å². The van der Waals surface area contributed by atoms with E-state index in [-0.39, 0.29) is 89.3 Å². The van der Waals surface area contributed by atoms with Crippen LogP contribution in [-0.2, 0) is 34.0 Å². The molecule has 0 fully saturated rings. The van der Waals surface area contributed by atoms with E-state index < -0.39 is 0 Å². The number of nitrogens with one attached hydrogen (secondary N) is 3. The molecule has 0 radical (unpaired) electrons. The fraction of sp³-hybridized carbons (Fsp3) is 0.429. The molecule has 0 atom stereocenters. The number of imidazole rings is 3. The number of rotatable bonds is 6. The van der Waals surface area contributed by atoms with E-state index in [0.717, 1.165) is 17.5 Å². The Labute approximate surface area is 246 Å². The van der Waals surface area contributed by atoms with Crippen molar-refractivity contribution in [3.8, 4) is 0 Å². The Morgan fingerprint density at radius 1 is 0.576 bits per heavy atom. The van der Waals surface area contributed by atoms with Crippen LogP contribution in [0.15, 0.2) is 37.2 Å². The smallest absolute Gasteiger partial charge is 0.251 e. The lowest BCUT2D eigenvalue weighted by Gasteiger charge is -1.90. The van der Waals surface area contributed by atoms with Crippen molar-refractivity contribution < 1.29 is 100 Å². The van der Waals surface area contributed by atoms with E-state index in [1.54, 1.807) is 20.8 Å². The number of aromatic nitrogens is 6. The molecular formula is C21H33I3N6O3. The summed E-state index contributed by atoms with van der Waals surface area (Å²) in [5, 5.41) is 0. The molecule has 3 aromatic heterocycles. The van der Waals surface area contributed by atoms with Gasteiger partial charge in [-0.3, -0.25) is 14.4 Å². The van der Waals surface area contributed by atoms with Gasteiger partial charge in [0.05, 0.1) is 0 Å². The molecule has 0 bridgehead atoms. The van der Waals surface area contributed by atoms with Crippen LogP contribution in [0.1, 0.15) is 38.2 Å². The third kappa shape index (κ3) is 15.4. The number of aromatic amines is 3. The maximum Gasteiger partial charge on any atom is 0.251 e. The highest BCUT2D eigenvalue weighted by Crippen LogP contribution is 1.83. The van der Waals surface area contributed by atoms with Crippen molar-refractivity contribution in [1.82, 2.24) is 15.0 Å². The Balaban J connectivity index is -0.000000391. The maximum atomic E-state index is 10.6. The molecule has 0 aromatic carbocycles. The van der Waals surface area contributed by atoms with Crippen LogP contribution in [0, 0.1) is 20.8 Å². The van der Waals surface area contributed by atoms with E-state index in [1.807, 2.05) is 71.7 Å². The second-order valence-corrected chi connectivity index (χ2v) is 7.13. The van der Waals surface area contributed by atoms with Gasteiger partial charge in [0, 0.05) is 20.8 Å². The molecule has 3 heterocycles. The molecule has 186 valence electrons. The second-order valence-electron chi connectivity index (χ2n) is 7.13. The fourth-order valence-corrected chi connectivity index (χ4v) is 2.56. The van der Waals surface area contributed by atoms with Gasteiger partial charge in [0.25, 0.3) is 17.5 Å². The largest absolute Gasteiger partial charge is 1.00 e. The molecule has 0 saturated heterocycles. The number of carbonyl (C=O) groups is 3. The average molecular weight is 798 g/mol. The average Bonchev–Trinajstić information content (AvgIpc) is 3.33. The second kappa shape index (κ2) is 19.2. The number of hydrogen-bond donors (Lipinski definition) is 3. The van der Waals surface area contributed by atoms with Gasteiger partial charge in [-0.25, -0.2) is 28.7 Å². The van der Waals surface area contributed by atoms with Gasteiger partial charge in [0.2, 0.25) is 0 Å². The van der Waals surface area contributed by atoms with E-state index in [9.17, 15) is 14.4 Å². The third-order valence-electron chi connectivity index (χ3n) is 4.11. The fourth-order valence-electron chi connectivity index (χ4n) is 2.56. The van der Waals surface area contributed by atoms with Crippen LogP contribution in [-0.4, -0.2) is 32.3 Å². The topological polar surface area (TPSA) is 110 Å². The normalized spacial score (nSPS) is 8.91. The summed E-state index contributed by atoms with van der Waals surface area (Å²) in [7, 11) is 0. The van der Waals surface area contributed by atoms with Crippen LogP contribution in [0.25, 0.3) is 0 Å². The Hall–Kier alpha value is -1.17. The first kappa shape index (κ1) is 36.4. The summed E-state index contributed by atoms with van der Waals surface area (Å²) < 4.78 is 5.63. The van der Waals surface area contributed by atoms with Gasteiger partial charge in [0.1, 0.15) is 56.8 Å². The number of halogens is 3. The molecule has 0 aliphatic rings. The summed E-state index contributed by atoms with van der Waals surface area (Å²) in [6.07, 6.45) is 11.0. The zero-order valence-corrected chi connectivity index (χ0v) is 26.3. The quantitative estimate of drug-likeness (QED) is 0.171. The van der Waals surface area contributed by atoms with Crippen LogP contribution in [0.4, 0.5) is 0 Å². The van der Waals surface area contributed by atoms with E-state index in [1.165, 1.54) is 0 Å². The Morgan fingerprint density at radius 3 is 0.909 bits per heavy atom. The molecule has 0 amide bonds. The van der Waals surface area contributed by atoms with Crippen molar-refractivity contribution in [2.45, 2.75) is 61.2 Å². The Bertz CT molecular complexity index is 857. The van der Waals surface area contributed by atoms with Crippen LogP contribution in [0.5, 0.6) is 0 Å². The zero-order chi connectivity index (χ0) is 22.7. The molecule has 0 aliphatic carbocycles. The van der Waals surface area contributed by atoms with Gasteiger partial charge in [0.15, 0.2) is 17.3 Å². The lowest BCUT2D eigenvalue weighted by molar-refractivity contribution is -0.688. The molecule has 12 heteroatoms. The molecule has 0 saturated carbocycles. The minimum absolute atomic E-state index is 0. The molecule has 3 N–H and O–H groups in total. The van der Waals surface area contributed by atoms with Crippen molar-refractivity contribution in [3.63, 3.8) is 0 Å². The Morgan fingerprint density at radius 2 is 0.788 bits per heavy atom. The summed E-state index contributed by atoms with van der Waals surface area (Å²) >= 11 is 0. The summed E-state index contributed by atoms with van der Waals surface area (Å²) in [5.74, 6) is 3.55. The number of ketones is 3. The van der Waals surface area contributed by atoms with Gasteiger partial charge in [-0.15, -0.1) is 0 Å². The molecule has 33 heavy (non-hydrogen) atoms. The standard InChI is InChI=1S/3C7H10N2O.3HI/c3*1-6(10)5-9-4-3-8-7(9)2;;;/h3*3-4H,5H2,1-2H3;3*1H. The summed E-state index contributed by atoms with van der Waals surface area (Å²) in [6.45, 7) is 12.0. The van der Waals surface area contributed by atoms with Crippen LogP contribution in [0.3, 0.4) is 0 Å². The van der Waals surface area contributed by atoms with E-state index in [2.05, 4.69) is 15.0 Å². The summed E-state index contributed by atoms with van der Waals surface area (Å²) in [6, 6.07) is 0. The first-order chi connectivity index (χ1) is 14.1. The van der Waals surface area contributed by atoms with Gasteiger partial charge in [-0.2, -0.15) is 0 Å². The SMILES string of the molecule is CC(=O)C[n+]1cc[nH]c1C.CC(=O)C[n+]1cc[nH]c1C.CC(=O)C[n+]1cc[nH]c1C.[I-].[I-].[I-]. The lowest BCUT2D eigenvalue weighted by Crippen LogP contribution is -3.00. The number of Topliss-reactive ketones (excluding diaryl/α,β-unsaturated/α-hetero) is 3. The summed E-state index contributed by atoms with van der Waals surface area (Å²) in [5.41, 5.74) is 0. The Kier molecular flexibility index (Phi) is 21.1.